The number of esters is 1. The quantitative estimate of drug-likeness (QED) is 0.818. The number of benzene rings is 1. The fourth-order valence-corrected chi connectivity index (χ4v) is 2.06. The van der Waals surface area contributed by atoms with E-state index < -0.39 is 0 Å². The first-order chi connectivity index (χ1) is 8.69. The third-order valence-corrected chi connectivity index (χ3v) is 3.36. The summed E-state index contributed by atoms with van der Waals surface area (Å²) in [5, 5.41) is 3.44. The van der Waals surface area contributed by atoms with Crippen LogP contribution in [0.4, 0.5) is 0 Å². The van der Waals surface area contributed by atoms with Crippen molar-refractivity contribution in [1.29, 1.82) is 0 Å². The highest BCUT2D eigenvalue weighted by atomic mass is 79.9. The van der Waals surface area contributed by atoms with Crippen LogP contribution in [0.2, 0.25) is 0 Å². The maximum absolute atomic E-state index is 11.0. The van der Waals surface area contributed by atoms with Crippen LogP contribution in [0, 0.1) is 0 Å². The van der Waals surface area contributed by atoms with Gasteiger partial charge in [0, 0.05) is 12.6 Å². The van der Waals surface area contributed by atoms with Crippen LogP contribution in [-0.4, -0.2) is 25.7 Å². The van der Waals surface area contributed by atoms with E-state index in [1.165, 1.54) is 25.5 Å². The summed E-state index contributed by atoms with van der Waals surface area (Å²) in [4.78, 5) is 11.0. The second-order valence-electron chi connectivity index (χ2n) is 4.28. The zero-order chi connectivity index (χ0) is 13.0. The summed E-state index contributed by atoms with van der Waals surface area (Å²) in [7, 11) is 1.34. The first-order valence-corrected chi connectivity index (χ1v) is 6.70. The number of ether oxygens (including phenoxy) is 2. The predicted octanol–water partition coefficient (Wildman–Crippen LogP) is 2.25. The molecule has 0 aromatic heterocycles. The third kappa shape index (κ3) is 3.99. The van der Waals surface area contributed by atoms with Gasteiger partial charge in [-0.25, -0.2) is 4.79 Å². The van der Waals surface area contributed by atoms with E-state index in [1.54, 1.807) is 0 Å². The molecule has 5 heteroatoms. The monoisotopic (exact) mass is 313 g/mol. The van der Waals surface area contributed by atoms with Crippen molar-refractivity contribution in [2.45, 2.75) is 25.4 Å². The molecular weight excluding hydrogens is 298 g/mol. The lowest BCUT2D eigenvalue weighted by atomic mass is 10.2. The fourth-order valence-electron chi connectivity index (χ4n) is 1.52. The van der Waals surface area contributed by atoms with E-state index in [4.69, 9.17) is 4.74 Å². The van der Waals surface area contributed by atoms with Crippen LogP contribution in [0.25, 0.3) is 0 Å². The predicted molar refractivity (Wildman–Crippen MR) is 71.5 cm³/mol. The molecule has 0 unspecified atom stereocenters. The van der Waals surface area contributed by atoms with E-state index >= 15 is 0 Å². The molecule has 2 rings (SSSR count). The Hall–Kier alpha value is -1.07. The maximum Gasteiger partial charge on any atom is 0.343 e. The average Bonchev–Trinajstić information content (AvgIpc) is 3.18. The summed E-state index contributed by atoms with van der Waals surface area (Å²) in [5.41, 5.74) is 1.19. The highest BCUT2D eigenvalue weighted by molar-refractivity contribution is 9.10. The number of methoxy groups -OCH3 is 1. The zero-order valence-electron chi connectivity index (χ0n) is 10.2. The molecule has 0 spiro atoms. The lowest BCUT2D eigenvalue weighted by molar-refractivity contribution is -0.142. The van der Waals surface area contributed by atoms with Crippen molar-refractivity contribution in [3.8, 4) is 5.75 Å². The van der Waals surface area contributed by atoms with Crippen molar-refractivity contribution in [3.63, 3.8) is 0 Å². The number of halogens is 1. The summed E-state index contributed by atoms with van der Waals surface area (Å²) in [6.45, 7) is 0.787. The van der Waals surface area contributed by atoms with Crippen LogP contribution < -0.4 is 10.1 Å². The van der Waals surface area contributed by atoms with Gasteiger partial charge in [0.25, 0.3) is 0 Å². The normalized spacial score (nSPS) is 14.3. The second-order valence-corrected chi connectivity index (χ2v) is 5.14. The van der Waals surface area contributed by atoms with Gasteiger partial charge in [0.2, 0.25) is 0 Å². The topological polar surface area (TPSA) is 47.6 Å². The van der Waals surface area contributed by atoms with Crippen LogP contribution in [0.15, 0.2) is 22.7 Å². The Morgan fingerprint density at radius 3 is 2.89 bits per heavy atom. The smallest absolute Gasteiger partial charge is 0.343 e. The van der Waals surface area contributed by atoms with Crippen molar-refractivity contribution >= 4 is 21.9 Å². The molecule has 0 saturated heterocycles. The van der Waals surface area contributed by atoms with Gasteiger partial charge in [-0.3, -0.25) is 0 Å². The lowest BCUT2D eigenvalue weighted by Crippen LogP contribution is -2.15. The molecule has 18 heavy (non-hydrogen) atoms. The summed E-state index contributed by atoms with van der Waals surface area (Å²) in [6.07, 6.45) is 2.56. The van der Waals surface area contributed by atoms with E-state index in [1.807, 2.05) is 18.2 Å². The minimum atomic E-state index is -0.388. The Morgan fingerprint density at radius 2 is 2.28 bits per heavy atom. The molecule has 0 heterocycles. The van der Waals surface area contributed by atoms with E-state index in [0.29, 0.717) is 11.8 Å². The minimum absolute atomic E-state index is 0.0746. The Labute approximate surface area is 115 Å². The molecule has 0 atom stereocenters. The molecule has 98 valence electrons. The van der Waals surface area contributed by atoms with Gasteiger partial charge in [-0.2, -0.15) is 0 Å². The number of carbonyl (C=O) groups excluding carboxylic acids is 1. The van der Waals surface area contributed by atoms with Gasteiger partial charge in [0.1, 0.15) is 5.75 Å². The van der Waals surface area contributed by atoms with Gasteiger partial charge in [0.15, 0.2) is 6.61 Å². The van der Waals surface area contributed by atoms with Crippen molar-refractivity contribution in [2.75, 3.05) is 13.7 Å². The first-order valence-electron chi connectivity index (χ1n) is 5.90. The van der Waals surface area contributed by atoms with E-state index in [2.05, 4.69) is 26.0 Å². The molecule has 1 aliphatic carbocycles. The first kappa shape index (κ1) is 13.4. The van der Waals surface area contributed by atoms with Crippen LogP contribution in [0.3, 0.4) is 0 Å². The molecule has 4 nitrogen and oxygen atoms in total. The molecule has 1 aromatic rings. The minimum Gasteiger partial charge on any atom is -0.481 e. The Kier molecular flexibility index (Phi) is 4.60. The van der Waals surface area contributed by atoms with Crippen molar-refractivity contribution in [1.82, 2.24) is 5.32 Å². The number of rotatable bonds is 6. The van der Waals surface area contributed by atoms with Gasteiger partial charge in [0.05, 0.1) is 11.6 Å². The maximum atomic E-state index is 11.0. The summed E-state index contributed by atoms with van der Waals surface area (Å²) >= 11 is 3.44. The zero-order valence-corrected chi connectivity index (χ0v) is 11.8. The molecule has 0 bridgehead atoms. The molecule has 1 aromatic carbocycles. The SMILES string of the molecule is COC(=O)COc1ccc(CNC2CC2)cc1Br. The second kappa shape index (κ2) is 6.20. The molecular formula is C13H16BrNO3. The standard InChI is InChI=1S/C13H16BrNO3/c1-17-13(16)8-18-12-5-2-9(6-11(12)14)7-15-10-3-4-10/h2,5-6,10,15H,3-4,7-8H2,1H3. The molecule has 1 fully saturated rings. The Morgan fingerprint density at radius 1 is 1.50 bits per heavy atom. The molecule has 0 amide bonds. The van der Waals surface area contributed by atoms with Gasteiger partial charge < -0.3 is 14.8 Å². The van der Waals surface area contributed by atoms with Crippen molar-refractivity contribution in [3.05, 3.63) is 28.2 Å². The summed E-state index contributed by atoms with van der Waals surface area (Å²) in [5.74, 6) is 0.261. The summed E-state index contributed by atoms with van der Waals surface area (Å²) < 4.78 is 10.7. The fraction of sp³-hybridized carbons (Fsp3) is 0.462. The third-order valence-electron chi connectivity index (χ3n) is 2.74. The average molecular weight is 314 g/mol. The van der Waals surface area contributed by atoms with Crippen LogP contribution in [-0.2, 0) is 16.1 Å². The van der Waals surface area contributed by atoms with E-state index in [9.17, 15) is 4.79 Å². The van der Waals surface area contributed by atoms with E-state index in [0.717, 1.165) is 11.0 Å². The molecule has 1 aliphatic rings. The van der Waals surface area contributed by atoms with Gasteiger partial charge in [-0.05, 0) is 46.5 Å². The van der Waals surface area contributed by atoms with Gasteiger partial charge >= 0.3 is 5.97 Å². The van der Waals surface area contributed by atoms with Crippen molar-refractivity contribution < 1.29 is 14.3 Å². The number of carbonyl (C=O) groups is 1. The van der Waals surface area contributed by atoms with Crippen LogP contribution >= 0.6 is 15.9 Å². The number of hydrogen-bond acceptors (Lipinski definition) is 4. The van der Waals surface area contributed by atoms with E-state index in [-0.39, 0.29) is 12.6 Å². The number of hydrogen-bond donors (Lipinski definition) is 1. The molecule has 1 N–H and O–H groups in total. The van der Waals surface area contributed by atoms with Crippen LogP contribution in [0.5, 0.6) is 5.75 Å². The Balaban J connectivity index is 1.89. The number of nitrogens with one attached hydrogen (secondary N) is 1. The van der Waals surface area contributed by atoms with Gasteiger partial charge in [-0.15, -0.1) is 0 Å². The lowest BCUT2D eigenvalue weighted by Gasteiger charge is -2.09. The van der Waals surface area contributed by atoms with Gasteiger partial charge in [-0.1, -0.05) is 6.07 Å². The molecule has 0 aliphatic heterocycles. The summed E-state index contributed by atoms with van der Waals surface area (Å²) in [6, 6.07) is 6.55. The molecule has 1 saturated carbocycles. The largest absolute Gasteiger partial charge is 0.481 e. The highest BCUT2D eigenvalue weighted by Gasteiger charge is 2.20. The molecule has 0 radical (unpaired) electrons. The Bertz CT molecular complexity index is 432. The highest BCUT2D eigenvalue weighted by Crippen LogP contribution is 2.26. The van der Waals surface area contributed by atoms with Crippen molar-refractivity contribution in [2.24, 2.45) is 0 Å². The van der Waals surface area contributed by atoms with Crippen LogP contribution in [0.1, 0.15) is 18.4 Å².